The molecule has 0 aliphatic heterocycles. The summed E-state index contributed by atoms with van der Waals surface area (Å²) in [5.74, 6) is 0.316. The topological polar surface area (TPSA) is 74.8 Å². The molecular weight excluding hydrogens is 262 g/mol. The molecule has 0 spiro atoms. The van der Waals surface area contributed by atoms with E-state index in [0.717, 1.165) is 23.2 Å². The molecule has 0 atom stereocenters. The number of benzene rings is 1. The molecule has 1 aromatic carbocycles. The lowest BCUT2D eigenvalue weighted by Gasteiger charge is -2.07. The third-order valence-corrected chi connectivity index (χ3v) is 4.09. The zero-order valence-electron chi connectivity index (χ0n) is 11.2. The summed E-state index contributed by atoms with van der Waals surface area (Å²) in [5, 5.41) is 6.70. The Morgan fingerprint density at radius 1 is 1.16 bits per heavy atom. The molecule has 102 valence electrons. The molecule has 6 heteroatoms. The quantitative estimate of drug-likeness (QED) is 0.902. The third-order valence-electron chi connectivity index (χ3n) is 2.76. The molecule has 1 aromatic heterocycles. The number of H-pyrrole nitrogens is 1. The largest absolute Gasteiger partial charge is 0.280 e. The monoisotopic (exact) mass is 279 g/mol. The van der Waals surface area contributed by atoms with Gasteiger partial charge in [-0.05, 0) is 43.5 Å². The van der Waals surface area contributed by atoms with Gasteiger partial charge in [-0.1, -0.05) is 13.0 Å². The van der Waals surface area contributed by atoms with Crippen LogP contribution in [0.5, 0.6) is 0 Å². The van der Waals surface area contributed by atoms with Crippen LogP contribution in [0.15, 0.2) is 29.2 Å². The van der Waals surface area contributed by atoms with Crippen LogP contribution in [0.4, 0.5) is 5.82 Å². The molecule has 0 amide bonds. The van der Waals surface area contributed by atoms with Crippen molar-refractivity contribution in [2.24, 2.45) is 0 Å². The first-order valence-corrected chi connectivity index (χ1v) is 7.54. The van der Waals surface area contributed by atoms with E-state index in [2.05, 4.69) is 14.9 Å². The Bertz CT molecular complexity index is 669. The van der Waals surface area contributed by atoms with Crippen molar-refractivity contribution in [1.82, 2.24) is 10.2 Å². The predicted molar refractivity (Wildman–Crippen MR) is 74.7 cm³/mol. The number of aromatic nitrogens is 2. The highest BCUT2D eigenvalue weighted by molar-refractivity contribution is 7.92. The van der Waals surface area contributed by atoms with Gasteiger partial charge in [-0.15, -0.1) is 0 Å². The summed E-state index contributed by atoms with van der Waals surface area (Å²) in [4.78, 5) is 0.256. The van der Waals surface area contributed by atoms with Gasteiger partial charge in [0.15, 0.2) is 5.82 Å². The highest BCUT2D eigenvalue weighted by atomic mass is 32.2. The predicted octanol–water partition coefficient (Wildman–Crippen LogP) is 2.39. The zero-order valence-corrected chi connectivity index (χ0v) is 12.0. The van der Waals surface area contributed by atoms with Crippen molar-refractivity contribution in [2.75, 3.05) is 4.72 Å². The molecule has 19 heavy (non-hydrogen) atoms. The molecular formula is C13H17N3O2S. The first-order chi connectivity index (χ1) is 8.90. The molecule has 2 aromatic rings. The molecule has 2 rings (SSSR count). The minimum atomic E-state index is -3.59. The van der Waals surface area contributed by atoms with Gasteiger partial charge in [-0.2, -0.15) is 5.10 Å². The van der Waals surface area contributed by atoms with Crippen LogP contribution in [0, 0.1) is 13.8 Å². The van der Waals surface area contributed by atoms with Crippen LogP contribution in [0.2, 0.25) is 0 Å². The van der Waals surface area contributed by atoms with Crippen molar-refractivity contribution >= 4 is 15.8 Å². The highest BCUT2D eigenvalue weighted by Crippen LogP contribution is 2.18. The number of aryl methyl sites for hydroxylation is 3. The van der Waals surface area contributed by atoms with Crippen LogP contribution in [-0.4, -0.2) is 18.6 Å². The smallest absolute Gasteiger partial charge is 0.263 e. The molecule has 0 fully saturated rings. The summed E-state index contributed by atoms with van der Waals surface area (Å²) in [7, 11) is -3.59. The minimum absolute atomic E-state index is 0.256. The second-order valence-electron chi connectivity index (χ2n) is 4.56. The van der Waals surface area contributed by atoms with Gasteiger partial charge in [-0.3, -0.25) is 9.82 Å². The van der Waals surface area contributed by atoms with Gasteiger partial charge < -0.3 is 0 Å². The molecule has 0 saturated carbocycles. The Morgan fingerprint density at radius 2 is 1.79 bits per heavy atom. The Labute approximate surface area is 113 Å². The van der Waals surface area contributed by atoms with E-state index < -0.39 is 10.0 Å². The van der Waals surface area contributed by atoms with Crippen LogP contribution in [-0.2, 0) is 16.4 Å². The average Bonchev–Trinajstić information content (AvgIpc) is 2.74. The molecule has 0 aliphatic rings. The fraction of sp³-hybridized carbons (Fsp3) is 0.308. The van der Waals surface area contributed by atoms with Crippen LogP contribution in [0.3, 0.4) is 0 Å². The van der Waals surface area contributed by atoms with Gasteiger partial charge in [0.1, 0.15) is 0 Å². The molecule has 0 bridgehead atoms. The normalized spacial score (nSPS) is 11.5. The van der Waals surface area contributed by atoms with Crippen LogP contribution in [0.25, 0.3) is 0 Å². The lowest BCUT2D eigenvalue weighted by molar-refractivity contribution is 0.601. The standard InChI is InChI=1S/C13H17N3O2S/c1-4-11-8-13(15-14-11)16-19(17,18)12-6-9(2)5-10(3)7-12/h5-8H,4H2,1-3H3,(H2,14,15,16). The van der Waals surface area contributed by atoms with E-state index in [1.54, 1.807) is 18.2 Å². The SMILES string of the molecule is CCc1cc(NS(=O)(=O)c2cc(C)cc(C)c2)n[nH]1. The second-order valence-corrected chi connectivity index (χ2v) is 6.24. The number of anilines is 1. The maximum atomic E-state index is 12.2. The Hall–Kier alpha value is -1.82. The Kier molecular flexibility index (Phi) is 3.61. The summed E-state index contributed by atoms with van der Waals surface area (Å²) in [6.07, 6.45) is 0.776. The van der Waals surface area contributed by atoms with E-state index in [9.17, 15) is 8.42 Å². The molecule has 2 N–H and O–H groups in total. The van der Waals surface area contributed by atoms with E-state index in [1.165, 1.54) is 0 Å². The van der Waals surface area contributed by atoms with Gasteiger partial charge in [0.25, 0.3) is 10.0 Å². The van der Waals surface area contributed by atoms with E-state index in [4.69, 9.17) is 0 Å². The summed E-state index contributed by atoms with van der Waals surface area (Å²) in [6, 6.07) is 6.91. The highest BCUT2D eigenvalue weighted by Gasteiger charge is 2.16. The minimum Gasteiger partial charge on any atom is -0.280 e. The molecule has 1 heterocycles. The number of hydrogen-bond acceptors (Lipinski definition) is 3. The van der Waals surface area contributed by atoms with Crippen LogP contribution < -0.4 is 4.72 Å². The number of nitrogens with one attached hydrogen (secondary N) is 2. The lowest BCUT2D eigenvalue weighted by Crippen LogP contribution is -2.13. The lowest BCUT2D eigenvalue weighted by atomic mass is 10.2. The van der Waals surface area contributed by atoms with Crippen molar-refractivity contribution in [1.29, 1.82) is 0 Å². The van der Waals surface area contributed by atoms with Crippen molar-refractivity contribution < 1.29 is 8.42 Å². The van der Waals surface area contributed by atoms with E-state index in [1.807, 2.05) is 26.8 Å². The summed E-state index contributed by atoms with van der Waals surface area (Å²) < 4.78 is 27.0. The van der Waals surface area contributed by atoms with Crippen LogP contribution in [0.1, 0.15) is 23.7 Å². The molecule has 0 aliphatic carbocycles. The number of aromatic amines is 1. The number of sulfonamides is 1. The van der Waals surface area contributed by atoms with Crippen molar-refractivity contribution in [3.05, 3.63) is 41.1 Å². The van der Waals surface area contributed by atoms with Crippen molar-refractivity contribution in [3.8, 4) is 0 Å². The number of hydrogen-bond donors (Lipinski definition) is 2. The first-order valence-electron chi connectivity index (χ1n) is 6.06. The molecule has 5 nitrogen and oxygen atoms in total. The number of rotatable bonds is 4. The maximum absolute atomic E-state index is 12.2. The molecule has 0 unspecified atom stereocenters. The molecule has 0 saturated heterocycles. The Morgan fingerprint density at radius 3 is 2.32 bits per heavy atom. The molecule has 0 radical (unpaired) electrons. The van der Waals surface area contributed by atoms with Crippen molar-refractivity contribution in [3.63, 3.8) is 0 Å². The van der Waals surface area contributed by atoms with Crippen molar-refractivity contribution in [2.45, 2.75) is 32.1 Å². The van der Waals surface area contributed by atoms with Gasteiger partial charge in [0.2, 0.25) is 0 Å². The van der Waals surface area contributed by atoms with Gasteiger partial charge in [-0.25, -0.2) is 8.42 Å². The second kappa shape index (κ2) is 5.05. The fourth-order valence-electron chi connectivity index (χ4n) is 1.88. The van der Waals surface area contributed by atoms with Gasteiger partial charge in [0.05, 0.1) is 4.90 Å². The van der Waals surface area contributed by atoms with E-state index >= 15 is 0 Å². The maximum Gasteiger partial charge on any atom is 0.263 e. The third kappa shape index (κ3) is 3.14. The fourth-order valence-corrected chi connectivity index (χ4v) is 3.06. The summed E-state index contributed by atoms with van der Waals surface area (Å²) >= 11 is 0. The van der Waals surface area contributed by atoms with E-state index in [-0.39, 0.29) is 4.90 Å². The summed E-state index contributed by atoms with van der Waals surface area (Å²) in [5.41, 5.74) is 2.71. The van der Waals surface area contributed by atoms with Gasteiger partial charge >= 0.3 is 0 Å². The van der Waals surface area contributed by atoms with Gasteiger partial charge in [0, 0.05) is 11.8 Å². The Balaban J connectivity index is 2.31. The van der Waals surface area contributed by atoms with E-state index in [0.29, 0.717) is 5.82 Å². The first kappa shape index (κ1) is 13.6. The van der Waals surface area contributed by atoms with Crippen LogP contribution >= 0.6 is 0 Å². The summed E-state index contributed by atoms with van der Waals surface area (Å²) in [6.45, 7) is 5.71. The zero-order chi connectivity index (χ0) is 14.0. The average molecular weight is 279 g/mol. The number of nitrogens with zero attached hydrogens (tertiary/aromatic N) is 1.